The predicted molar refractivity (Wildman–Crippen MR) is 87.6 cm³/mol. The largest absolute Gasteiger partial charge is 0.467 e. The second-order valence-electron chi connectivity index (χ2n) is 5.96. The van der Waals surface area contributed by atoms with Crippen LogP contribution >= 0.6 is 15.9 Å². The van der Waals surface area contributed by atoms with Gasteiger partial charge in [-0.3, -0.25) is 4.90 Å². The molecule has 0 aliphatic rings. The van der Waals surface area contributed by atoms with Gasteiger partial charge in [0.15, 0.2) is 0 Å². The van der Waals surface area contributed by atoms with E-state index in [4.69, 9.17) is 9.47 Å². The van der Waals surface area contributed by atoms with E-state index >= 15 is 0 Å². The molecule has 0 spiro atoms. The third kappa shape index (κ3) is 5.67. The minimum atomic E-state index is -0.742. The topological polar surface area (TPSA) is 55.8 Å². The number of nitrogens with zero attached hydrogens (tertiary/aromatic N) is 1. The molecule has 0 fully saturated rings. The number of ether oxygens (including phenoxy) is 2. The Morgan fingerprint density at radius 3 is 2.45 bits per heavy atom. The zero-order valence-corrected chi connectivity index (χ0v) is 15.1. The van der Waals surface area contributed by atoms with Gasteiger partial charge in [0, 0.05) is 17.9 Å². The second-order valence-corrected chi connectivity index (χ2v) is 6.88. The number of methoxy groups -OCH3 is 1. The van der Waals surface area contributed by atoms with E-state index in [9.17, 15) is 9.59 Å². The van der Waals surface area contributed by atoms with Gasteiger partial charge in [-0.2, -0.15) is 0 Å². The van der Waals surface area contributed by atoms with E-state index < -0.39 is 23.7 Å². The molecule has 122 valence electrons. The molecule has 0 saturated carbocycles. The quantitative estimate of drug-likeness (QED) is 0.761. The number of halogens is 1. The molecule has 0 aliphatic carbocycles. The Morgan fingerprint density at radius 1 is 1.32 bits per heavy atom. The summed E-state index contributed by atoms with van der Waals surface area (Å²) in [7, 11) is 2.84. The van der Waals surface area contributed by atoms with Crippen LogP contribution < -0.4 is 0 Å². The average Bonchev–Trinajstić information content (AvgIpc) is 2.41. The Labute approximate surface area is 139 Å². The number of hydrogen-bond donors (Lipinski definition) is 0. The lowest BCUT2D eigenvalue weighted by Crippen LogP contribution is -2.46. The number of hydrogen-bond acceptors (Lipinski definition) is 4. The van der Waals surface area contributed by atoms with Crippen LogP contribution in [0, 0.1) is 0 Å². The summed E-state index contributed by atoms with van der Waals surface area (Å²) in [5.41, 5.74) is 0.294. The van der Waals surface area contributed by atoms with Crippen LogP contribution in [0.3, 0.4) is 0 Å². The van der Waals surface area contributed by atoms with Gasteiger partial charge < -0.3 is 9.47 Å². The van der Waals surface area contributed by atoms with Crippen molar-refractivity contribution in [1.29, 1.82) is 0 Å². The van der Waals surface area contributed by atoms with Crippen molar-refractivity contribution in [1.82, 2.24) is 4.90 Å². The first-order valence-corrected chi connectivity index (χ1v) is 7.71. The molecule has 1 aromatic rings. The molecule has 22 heavy (non-hydrogen) atoms. The molecule has 0 bridgehead atoms. The Balaban J connectivity index is 2.93. The van der Waals surface area contributed by atoms with Gasteiger partial charge in [0.05, 0.1) is 7.11 Å². The Morgan fingerprint density at radius 2 is 1.95 bits per heavy atom. The highest BCUT2D eigenvalue weighted by Gasteiger charge is 2.31. The van der Waals surface area contributed by atoms with Gasteiger partial charge in [-0.15, -0.1) is 0 Å². The van der Waals surface area contributed by atoms with Gasteiger partial charge in [0.25, 0.3) is 0 Å². The third-order valence-electron chi connectivity index (χ3n) is 2.94. The van der Waals surface area contributed by atoms with Gasteiger partial charge in [-0.05, 0) is 38.5 Å². The summed E-state index contributed by atoms with van der Waals surface area (Å²) in [6.45, 7) is 5.33. The summed E-state index contributed by atoms with van der Waals surface area (Å²) < 4.78 is 11.0. The monoisotopic (exact) mass is 371 g/mol. The fourth-order valence-electron chi connectivity index (χ4n) is 1.86. The maximum Gasteiger partial charge on any atom is 0.410 e. The van der Waals surface area contributed by atoms with Crippen LogP contribution in [-0.2, 0) is 20.7 Å². The lowest BCUT2D eigenvalue weighted by molar-refractivity contribution is -0.146. The Hall–Kier alpha value is -1.56. The van der Waals surface area contributed by atoms with Crippen molar-refractivity contribution in [2.75, 3.05) is 14.2 Å². The first-order valence-electron chi connectivity index (χ1n) is 6.92. The van der Waals surface area contributed by atoms with Crippen molar-refractivity contribution in [3.8, 4) is 0 Å². The van der Waals surface area contributed by atoms with Crippen LogP contribution in [-0.4, -0.2) is 42.8 Å². The van der Waals surface area contributed by atoms with Gasteiger partial charge in [-0.25, -0.2) is 9.59 Å². The van der Waals surface area contributed by atoms with Crippen LogP contribution in [0.1, 0.15) is 26.3 Å². The lowest BCUT2D eigenvalue weighted by Gasteiger charge is -2.29. The van der Waals surface area contributed by atoms with Crippen molar-refractivity contribution in [2.24, 2.45) is 0 Å². The maximum absolute atomic E-state index is 12.2. The van der Waals surface area contributed by atoms with E-state index in [2.05, 4.69) is 15.9 Å². The highest BCUT2D eigenvalue weighted by atomic mass is 79.9. The molecule has 0 N–H and O–H groups in total. The molecule has 1 rings (SSSR count). The molecule has 0 radical (unpaired) electrons. The van der Waals surface area contributed by atoms with Crippen molar-refractivity contribution in [3.05, 3.63) is 34.3 Å². The van der Waals surface area contributed by atoms with Gasteiger partial charge in [0.2, 0.25) is 0 Å². The normalized spacial score (nSPS) is 12.5. The van der Waals surface area contributed by atoms with Crippen LogP contribution in [0.15, 0.2) is 28.7 Å². The standard InChI is InChI=1S/C16H22BrNO4/c1-16(2,3)22-15(20)18(4)13(14(19)21-5)10-11-7-6-8-12(17)9-11/h6-9,13H,10H2,1-5H3/t13-/m0/s1. The molecular weight excluding hydrogens is 350 g/mol. The summed E-state index contributed by atoms with van der Waals surface area (Å²) in [6.07, 6.45) is -0.208. The van der Waals surface area contributed by atoms with E-state index in [0.29, 0.717) is 6.42 Å². The molecule has 5 nitrogen and oxygen atoms in total. The number of esters is 1. The number of amides is 1. The molecule has 0 saturated heterocycles. The molecule has 0 unspecified atom stereocenters. The summed E-state index contributed by atoms with van der Waals surface area (Å²) in [4.78, 5) is 25.5. The summed E-state index contributed by atoms with van der Waals surface area (Å²) in [5.74, 6) is -0.478. The number of carbonyl (C=O) groups excluding carboxylic acids is 2. The fraction of sp³-hybridized carbons (Fsp3) is 0.500. The molecule has 1 atom stereocenters. The molecule has 1 aromatic carbocycles. The molecule has 6 heteroatoms. The minimum absolute atomic E-state index is 0.349. The van der Waals surface area contributed by atoms with Gasteiger partial charge in [-0.1, -0.05) is 28.1 Å². The zero-order chi connectivity index (χ0) is 16.9. The molecule has 0 aliphatic heterocycles. The summed E-state index contributed by atoms with van der Waals surface area (Å²) in [5, 5.41) is 0. The van der Waals surface area contributed by atoms with Crippen LogP contribution in [0.4, 0.5) is 4.79 Å². The van der Waals surface area contributed by atoms with Crippen molar-refractivity contribution in [2.45, 2.75) is 38.8 Å². The first-order chi connectivity index (χ1) is 10.1. The number of rotatable bonds is 4. The number of benzene rings is 1. The Kier molecular flexibility index (Phi) is 6.41. The van der Waals surface area contributed by atoms with Crippen LogP contribution in [0.25, 0.3) is 0 Å². The number of carbonyl (C=O) groups is 2. The Bertz CT molecular complexity index is 539. The minimum Gasteiger partial charge on any atom is -0.467 e. The molecular formula is C16H22BrNO4. The fourth-order valence-corrected chi connectivity index (χ4v) is 2.31. The molecule has 0 aromatic heterocycles. The predicted octanol–water partition coefficient (Wildman–Crippen LogP) is 3.40. The zero-order valence-electron chi connectivity index (χ0n) is 13.6. The first kappa shape index (κ1) is 18.5. The van der Waals surface area contributed by atoms with E-state index in [-0.39, 0.29) is 0 Å². The average molecular weight is 372 g/mol. The summed E-state index contributed by atoms with van der Waals surface area (Å²) in [6, 6.07) is 6.83. The number of likely N-dealkylation sites (N-methyl/N-ethyl adjacent to an activating group) is 1. The molecule has 1 amide bonds. The highest BCUT2D eigenvalue weighted by molar-refractivity contribution is 9.10. The second kappa shape index (κ2) is 7.63. The van der Waals surface area contributed by atoms with Crippen molar-refractivity contribution < 1.29 is 19.1 Å². The maximum atomic E-state index is 12.2. The van der Waals surface area contributed by atoms with Gasteiger partial charge in [0.1, 0.15) is 11.6 Å². The smallest absolute Gasteiger partial charge is 0.410 e. The SMILES string of the molecule is COC(=O)[C@H](Cc1cccc(Br)c1)N(C)C(=O)OC(C)(C)C. The van der Waals surface area contributed by atoms with Gasteiger partial charge >= 0.3 is 12.1 Å². The lowest BCUT2D eigenvalue weighted by atomic mass is 10.1. The molecule has 0 heterocycles. The van der Waals surface area contributed by atoms with Crippen LogP contribution in [0.2, 0.25) is 0 Å². The van der Waals surface area contributed by atoms with Crippen molar-refractivity contribution >= 4 is 28.0 Å². The van der Waals surface area contributed by atoms with E-state index in [0.717, 1.165) is 10.0 Å². The highest BCUT2D eigenvalue weighted by Crippen LogP contribution is 2.17. The van der Waals surface area contributed by atoms with E-state index in [1.165, 1.54) is 19.1 Å². The van der Waals surface area contributed by atoms with E-state index in [1.54, 1.807) is 20.8 Å². The third-order valence-corrected chi connectivity index (χ3v) is 3.43. The van der Waals surface area contributed by atoms with Crippen molar-refractivity contribution in [3.63, 3.8) is 0 Å². The summed E-state index contributed by atoms with van der Waals surface area (Å²) >= 11 is 3.39. The van der Waals surface area contributed by atoms with E-state index in [1.807, 2.05) is 24.3 Å². The van der Waals surface area contributed by atoms with Crippen LogP contribution in [0.5, 0.6) is 0 Å².